The summed E-state index contributed by atoms with van der Waals surface area (Å²) >= 11 is 0. The summed E-state index contributed by atoms with van der Waals surface area (Å²) in [7, 11) is 0. The first-order valence-corrected chi connectivity index (χ1v) is 8.98. The van der Waals surface area contributed by atoms with Crippen LogP contribution >= 0.6 is 0 Å². The van der Waals surface area contributed by atoms with Crippen molar-refractivity contribution < 1.29 is 42.3 Å². The summed E-state index contributed by atoms with van der Waals surface area (Å²) in [5.41, 5.74) is -0.485. The summed E-state index contributed by atoms with van der Waals surface area (Å²) in [5, 5.41) is 21.0. The summed E-state index contributed by atoms with van der Waals surface area (Å²) in [4.78, 5) is 36.8. The smallest absolute Gasteiger partial charge is 0.422 e. The number of hydrogen-bond donors (Lipinski definition) is 2. The summed E-state index contributed by atoms with van der Waals surface area (Å²) in [6.45, 7) is 0. The number of carbonyl (C=O) groups excluding carboxylic acids is 2. The number of isocyanates is 2. The number of benzene rings is 2. The zero-order chi connectivity index (χ0) is 24.4. The topological polar surface area (TPSA) is 142 Å². The van der Waals surface area contributed by atoms with E-state index in [1.54, 1.807) is 24.3 Å². The van der Waals surface area contributed by atoms with Crippen molar-refractivity contribution in [2.24, 2.45) is 9.98 Å². The maximum absolute atomic E-state index is 13.1. The summed E-state index contributed by atoms with van der Waals surface area (Å²) in [6.07, 6.45) is -2.78. The van der Waals surface area contributed by atoms with Gasteiger partial charge in [-0.05, 0) is 48.5 Å². The number of alkyl halides is 3. The second-order valence-corrected chi connectivity index (χ2v) is 6.19. The quantitative estimate of drug-likeness (QED) is 0.400. The number of nitrogens with zero attached hydrogens (tertiary/aromatic N) is 3. The highest BCUT2D eigenvalue weighted by Gasteiger charge is 2.40. The Morgan fingerprint density at radius 3 is 1.91 bits per heavy atom. The third kappa shape index (κ3) is 7.28. The molecule has 170 valence electrons. The van der Waals surface area contributed by atoms with Crippen molar-refractivity contribution >= 4 is 29.5 Å². The van der Waals surface area contributed by atoms with Crippen LogP contribution in [0.1, 0.15) is 17.7 Å². The second kappa shape index (κ2) is 11.2. The number of phenols is 1. The molecule has 0 bridgehead atoms. The van der Waals surface area contributed by atoms with Crippen LogP contribution in [0, 0.1) is 0 Å². The van der Waals surface area contributed by atoms with Crippen molar-refractivity contribution in [3.8, 4) is 17.1 Å². The minimum Gasteiger partial charge on any atom is -0.508 e. The predicted molar refractivity (Wildman–Crippen MR) is 107 cm³/mol. The largest absolute Gasteiger partial charge is 0.508 e. The molecule has 9 nitrogen and oxygen atoms in total. The van der Waals surface area contributed by atoms with Crippen LogP contribution < -0.4 is 0 Å². The minimum absolute atomic E-state index is 0.0919. The molecule has 12 heteroatoms. The first-order chi connectivity index (χ1) is 15.7. The average molecular weight is 461 g/mol. The standard InChI is InChI=1S/C13H10F3NO4.C8H4N2O2/c14-13(15,16)11-9(5-6-10(19)20)17-21-12(11)7-1-3-8(18)4-2-7;11-5-9-7-1-2-8(4-3-7)10-6-12/h1-4,18H,5-6H2,(H,19,20);1-4H. The first-order valence-electron chi connectivity index (χ1n) is 8.98. The highest BCUT2D eigenvalue weighted by atomic mass is 19.4. The molecule has 33 heavy (non-hydrogen) atoms. The van der Waals surface area contributed by atoms with Gasteiger partial charge in [-0.25, -0.2) is 9.59 Å². The Morgan fingerprint density at radius 1 is 0.970 bits per heavy atom. The molecule has 3 rings (SSSR count). The third-order valence-corrected chi connectivity index (χ3v) is 3.95. The fourth-order valence-corrected chi connectivity index (χ4v) is 2.53. The van der Waals surface area contributed by atoms with Crippen LogP contribution in [-0.2, 0) is 27.0 Å². The number of carbonyl (C=O) groups is 1. The molecule has 0 atom stereocenters. The second-order valence-electron chi connectivity index (χ2n) is 6.19. The van der Waals surface area contributed by atoms with Crippen LogP contribution in [0.3, 0.4) is 0 Å². The lowest BCUT2D eigenvalue weighted by Crippen LogP contribution is -2.10. The predicted octanol–water partition coefficient (Wildman–Crippen LogP) is 4.70. The van der Waals surface area contributed by atoms with Gasteiger partial charge < -0.3 is 14.7 Å². The number of aliphatic carboxylic acids is 1. The number of halogens is 3. The van der Waals surface area contributed by atoms with Gasteiger partial charge in [-0.3, -0.25) is 4.79 Å². The van der Waals surface area contributed by atoms with E-state index < -0.39 is 35.6 Å². The van der Waals surface area contributed by atoms with Crippen LogP contribution in [0.5, 0.6) is 5.75 Å². The zero-order valence-corrected chi connectivity index (χ0v) is 16.5. The van der Waals surface area contributed by atoms with E-state index >= 15 is 0 Å². The highest BCUT2D eigenvalue weighted by Crippen LogP contribution is 2.40. The highest BCUT2D eigenvalue weighted by molar-refractivity contribution is 5.68. The number of rotatable bonds is 6. The normalized spacial score (nSPS) is 10.3. The summed E-state index contributed by atoms with van der Waals surface area (Å²) in [5.74, 6) is -1.82. The Morgan fingerprint density at radius 2 is 1.48 bits per heavy atom. The van der Waals surface area contributed by atoms with E-state index in [9.17, 15) is 27.6 Å². The monoisotopic (exact) mass is 461 g/mol. The lowest BCUT2D eigenvalue weighted by atomic mass is 10.0. The average Bonchev–Trinajstić information content (AvgIpc) is 3.20. The molecular weight excluding hydrogens is 447 g/mol. The van der Waals surface area contributed by atoms with E-state index in [4.69, 9.17) is 14.7 Å². The summed E-state index contributed by atoms with van der Waals surface area (Å²) < 4.78 is 44.1. The van der Waals surface area contributed by atoms with Gasteiger partial charge in [-0.15, -0.1) is 0 Å². The zero-order valence-electron chi connectivity index (χ0n) is 16.5. The van der Waals surface area contributed by atoms with Crippen LogP contribution in [-0.4, -0.2) is 33.5 Å². The number of carboxylic acids is 1. The lowest BCUT2D eigenvalue weighted by molar-refractivity contribution is -0.139. The molecule has 0 aliphatic rings. The maximum atomic E-state index is 13.1. The number of aryl methyl sites for hydroxylation is 1. The Hall–Kier alpha value is -4.53. The molecule has 1 heterocycles. The molecule has 0 spiro atoms. The molecule has 0 saturated heterocycles. The Bertz CT molecular complexity index is 1150. The van der Waals surface area contributed by atoms with Crippen LogP contribution in [0.2, 0.25) is 0 Å². The van der Waals surface area contributed by atoms with Crippen LogP contribution in [0.15, 0.2) is 63.0 Å². The Kier molecular flexibility index (Phi) is 8.39. The van der Waals surface area contributed by atoms with Crippen LogP contribution in [0.4, 0.5) is 24.5 Å². The van der Waals surface area contributed by atoms with Gasteiger partial charge in [0, 0.05) is 12.0 Å². The van der Waals surface area contributed by atoms with Crippen molar-refractivity contribution in [1.29, 1.82) is 0 Å². The van der Waals surface area contributed by atoms with E-state index in [2.05, 4.69) is 15.1 Å². The SMILES string of the molecule is O=C(O)CCc1noc(-c2ccc(O)cc2)c1C(F)(F)F.O=C=Nc1ccc(N=C=O)cc1. The molecule has 2 aromatic carbocycles. The lowest BCUT2D eigenvalue weighted by Gasteiger charge is -2.08. The van der Waals surface area contributed by atoms with Gasteiger partial charge >= 0.3 is 12.1 Å². The Balaban J connectivity index is 0.000000273. The van der Waals surface area contributed by atoms with Gasteiger partial charge in [0.05, 0.1) is 23.5 Å². The number of aliphatic imine (C=N–C) groups is 2. The van der Waals surface area contributed by atoms with E-state index in [1.807, 2.05) is 0 Å². The fourth-order valence-electron chi connectivity index (χ4n) is 2.53. The minimum atomic E-state index is -4.72. The molecule has 0 aliphatic heterocycles. The van der Waals surface area contributed by atoms with Crippen molar-refractivity contribution in [2.45, 2.75) is 19.0 Å². The van der Waals surface area contributed by atoms with E-state index in [-0.39, 0.29) is 17.7 Å². The molecule has 3 aromatic rings. The summed E-state index contributed by atoms with van der Waals surface area (Å²) in [6, 6.07) is 11.2. The van der Waals surface area contributed by atoms with Gasteiger partial charge in [0.2, 0.25) is 12.2 Å². The molecule has 0 fully saturated rings. The number of hydrogen-bond acceptors (Lipinski definition) is 8. The van der Waals surface area contributed by atoms with Crippen molar-refractivity contribution in [3.05, 3.63) is 59.8 Å². The molecule has 0 saturated carbocycles. The molecule has 0 unspecified atom stereocenters. The molecule has 1 aromatic heterocycles. The van der Waals surface area contributed by atoms with Gasteiger partial charge in [-0.1, -0.05) is 5.16 Å². The number of phenolic OH excluding ortho intramolecular Hbond substituents is 1. The van der Waals surface area contributed by atoms with Gasteiger partial charge in [0.1, 0.15) is 11.3 Å². The first kappa shape index (κ1) is 24.7. The molecule has 0 amide bonds. The maximum Gasteiger partial charge on any atom is 0.422 e. The molecule has 0 aliphatic carbocycles. The van der Waals surface area contributed by atoms with Crippen molar-refractivity contribution in [1.82, 2.24) is 5.16 Å². The van der Waals surface area contributed by atoms with Gasteiger partial charge in [0.25, 0.3) is 0 Å². The van der Waals surface area contributed by atoms with E-state index in [0.29, 0.717) is 11.4 Å². The fraction of sp³-hybridized carbons (Fsp3) is 0.143. The number of aromatic nitrogens is 1. The molecule has 2 N–H and O–H groups in total. The van der Waals surface area contributed by atoms with Crippen molar-refractivity contribution in [2.75, 3.05) is 0 Å². The van der Waals surface area contributed by atoms with Crippen molar-refractivity contribution in [3.63, 3.8) is 0 Å². The van der Waals surface area contributed by atoms with Crippen LogP contribution in [0.25, 0.3) is 11.3 Å². The van der Waals surface area contributed by atoms with E-state index in [0.717, 1.165) is 0 Å². The molecule has 0 radical (unpaired) electrons. The van der Waals surface area contributed by atoms with Gasteiger partial charge in [0.15, 0.2) is 5.76 Å². The third-order valence-electron chi connectivity index (χ3n) is 3.95. The number of aromatic hydroxyl groups is 1. The Labute approximate surface area is 183 Å². The number of carboxylic acid groups (broad SMARTS) is 1. The molecular formula is C21H14F3N3O6. The van der Waals surface area contributed by atoms with E-state index in [1.165, 1.54) is 36.4 Å². The van der Waals surface area contributed by atoms with Gasteiger partial charge in [-0.2, -0.15) is 23.2 Å².